The smallest absolute Gasteiger partial charge is 0.314 e. The SMILES string of the molecule is COCC(O)CCNC(=O)NCCc1cccc(Cl)c1. The number of hydrogen-bond donors (Lipinski definition) is 3. The molecule has 1 unspecified atom stereocenters. The summed E-state index contributed by atoms with van der Waals surface area (Å²) in [6.07, 6.45) is 0.641. The molecule has 3 N–H and O–H groups in total. The minimum absolute atomic E-state index is 0.239. The van der Waals surface area contributed by atoms with Gasteiger partial charge in [-0.1, -0.05) is 23.7 Å². The number of aliphatic hydroxyl groups is 1. The monoisotopic (exact) mass is 300 g/mol. The molecule has 0 fully saturated rings. The van der Waals surface area contributed by atoms with Gasteiger partial charge >= 0.3 is 6.03 Å². The molecule has 0 aliphatic rings. The number of halogens is 1. The minimum Gasteiger partial charge on any atom is -0.391 e. The molecule has 1 rings (SSSR count). The number of rotatable bonds is 8. The second kappa shape index (κ2) is 9.58. The number of benzene rings is 1. The lowest BCUT2D eigenvalue weighted by atomic mass is 10.1. The van der Waals surface area contributed by atoms with Gasteiger partial charge in [0.15, 0.2) is 0 Å². The molecule has 1 aromatic carbocycles. The molecule has 0 aliphatic carbocycles. The fraction of sp³-hybridized carbons (Fsp3) is 0.500. The Morgan fingerprint density at radius 1 is 1.40 bits per heavy atom. The highest BCUT2D eigenvalue weighted by Gasteiger charge is 2.04. The highest BCUT2D eigenvalue weighted by Crippen LogP contribution is 2.10. The average molecular weight is 301 g/mol. The molecule has 5 nitrogen and oxygen atoms in total. The molecule has 1 atom stereocenters. The summed E-state index contributed by atoms with van der Waals surface area (Å²) in [4.78, 5) is 11.5. The van der Waals surface area contributed by atoms with Gasteiger partial charge in [-0.2, -0.15) is 0 Å². The number of ether oxygens (including phenoxy) is 1. The first-order valence-electron chi connectivity index (χ1n) is 6.55. The van der Waals surface area contributed by atoms with Gasteiger partial charge in [0.1, 0.15) is 0 Å². The molecule has 0 aliphatic heterocycles. The maximum absolute atomic E-state index is 11.5. The van der Waals surface area contributed by atoms with Crippen LogP contribution >= 0.6 is 11.6 Å². The quantitative estimate of drug-likeness (QED) is 0.682. The predicted octanol–water partition coefficient (Wildman–Crippen LogP) is 1.58. The second-order valence-corrected chi connectivity index (χ2v) is 4.90. The summed E-state index contributed by atoms with van der Waals surface area (Å²) in [5.74, 6) is 0. The van der Waals surface area contributed by atoms with E-state index in [1.807, 2.05) is 24.3 Å². The van der Waals surface area contributed by atoms with Crippen molar-refractivity contribution in [3.8, 4) is 0 Å². The van der Waals surface area contributed by atoms with Gasteiger partial charge < -0.3 is 20.5 Å². The van der Waals surface area contributed by atoms with Crippen LogP contribution in [0, 0.1) is 0 Å². The fourth-order valence-corrected chi connectivity index (χ4v) is 1.92. The van der Waals surface area contributed by atoms with Crippen molar-refractivity contribution in [3.63, 3.8) is 0 Å². The third-order valence-electron chi connectivity index (χ3n) is 2.71. The van der Waals surface area contributed by atoms with Crippen LogP contribution in [0.15, 0.2) is 24.3 Å². The number of carbonyl (C=O) groups excluding carboxylic acids is 1. The number of amides is 2. The van der Waals surface area contributed by atoms with Crippen molar-refractivity contribution in [2.45, 2.75) is 18.9 Å². The topological polar surface area (TPSA) is 70.6 Å². The third-order valence-corrected chi connectivity index (χ3v) is 2.95. The number of nitrogens with one attached hydrogen (secondary N) is 2. The first-order chi connectivity index (χ1) is 9.61. The number of urea groups is 1. The summed E-state index contributed by atoms with van der Waals surface area (Å²) in [6, 6.07) is 7.30. The first-order valence-corrected chi connectivity index (χ1v) is 6.92. The molecule has 6 heteroatoms. The third kappa shape index (κ3) is 7.33. The Bertz CT molecular complexity index is 415. The van der Waals surface area contributed by atoms with E-state index < -0.39 is 6.10 Å². The molecule has 1 aromatic rings. The van der Waals surface area contributed by atoms with Crippen molar-refractivity contribution in [1.82, 2.24) is 10.6 Å². The van der Waals surface area contributed by atoms with Gasteiger partial charge in [-0.3, -0.25) is 0 Å². The Balaban J connectivity index is 2.11. The molecule has 0 saturated heterocycles. The zero-order valence-electron chi connectivity index (χ0n) is 11.6. The molecule has 0 aromatic heterocycles. The zero-order chi connectivity index (χ0) is 14.8. The molecule has 0 saturated carbocycles. The van der Waals surface area contributed by atoms with Gasteiger partial charge in [-0.05, 0) is 30.5 Å². The molecule has 0 bridgehead atoms. The Morgan fingerprint density at radius 3 is 2.85 bits per heavy atom. The van der Waals surface area contributed by atoms with Crippen molar-refractivity contribution in [1.29, 1.82) is 0 Å². The van der Waals surface area contributed by atoms with Crippen LogP contribution in [0.4, 0.5) is 4.79 Å². The van der Waals surface area contributed by atoms with Crippen LogP contribution in [0.5, 0.6) is 0 Å². The van der Waals surface area contributed by atoms with E-state index in [1.165, 1.54) is 7.11 Å². The van der Waals surface area contributed by atoms with E-state index >= 15 is 0 Å². The summed E-state index contributed by atoms with van der Waals surface area (Å²) >= 11 is 5.88. The lowest BCUT2D eigenvalue weighted by molar-refractivity contribution is 0.0599. The summed E-state index contributed by atoms with van der Waals surface area (Å²) in [7, 11) is 1.53. The van der Waals surface area contributed by atoms with E-state index in [9.17, 15) is 9.90 Å². The van der Waals surface area contributed by atoms with Crippen LogP contribution in [-0.2, 0) is 11.2 Å². The van der Waals surface area contributed by atoms with E-state index in [1.54, 1.807) is 0 Å². The van der Waals surface area contributed by atoms with E-state index in [4.69, 9.17) is 16.3 Å². The van der Waals surface area contributed by atoms with Gasteiger partial charge in [0.25, 0.3) is 0 Å². The standard InChI is InChI=1S/C14H21ClN2O3/c1-20-10-13(18)6-8-17-14(19)16-7-5-11-3-2-4-12(15)9-11/h2-4,9,13,18H,5-8,10H2,1H3,(H2,16,17,19). The normalized spacial score (nSPS) is 11.9. The van der Waals surface area contributed by atoms with Crippen LogP contribution < -0.4 is 10.6 Å². The minimum atomic E-state index is -0.549. The Morgan fingerprint density at radius 2 is 2.15 bits per heavy atom. The van der Waals surface area contributed by atoms with Crippen LogP contribution in [0.1, 0.15) is 12.0 Å². The highest BCUT2D eigenvalue weighted by atomic mass is 35.5. The van der Waals surface area contributed by atoms with E-state index in [0.29, 0.717) is 24.5 Å². The van der Waals surface area contributed by atoms with E-state index in [0.717, 1.165) is 12.0 Å². The molecule has 2 amide bonds. The van der Waals surface area contributed by atoms with Gasteiger partial charge in [0.05, 0.1) is 12.7 Å². The number of carbonyl (C=O) groups is 1. The van der Waals surface area contributed by atoms with E-state index in [2.05, 4.69) is 10.6 Å². The van der Waals surface area contributed by atoms with E-state index in [-0.39, 0.29) is 12.6 Å². The Kier molecular flexibility index (Phi) is 8.02. The van der Waals surface area contributed by atoms with Crippen molar-refractivity contribution in [3.05, 3.63) is 34.9 Å². The second-order valence-electron chi connectivity index (χ2n) is 4.46. The van der Waals surface area contributed by atoms with Gasteiger partial charge in [0.2, 0.25) is 0 Å². The summed E-state index contributed by atoms with van der Waals surface area (Å²) in [6.45, 7) is 1.22. The highest BCUT2D eigenvalue weighted by molar-refractivity contribution is 6.30. The van der Waals surface area contributed by atoms with Crippen LogP contribution in [0.2, 0.25) is 5.02 Å². The van der Waals surface area contributed by atoms with Gasteiger partial charge in [0, 0.05) is 25.2 Å². The molecule has 0 spiro atoms. The molecule has 112 valence electrons. The summed E-state index contributed by atoms with van der Waals surface area (Å²) in [5.41, 5.74) is 1.08. The Labute approximate surface area is 124 Å². The van der Waals surface area contributed by atoms with Crippen LogP contribution in [-0.4, -0.2) is 44.0 Å². The number of methoxy groups -OCH3 is 1. The van der Waals surface area contributed by atoms with Crippen molar-refractivity contribution in [2.24, 2.45) is 0 Å². The molecular weight excluding hydrogens is 280 g/mol. The largest absolute Gasteiger partial charge is 0.391 e. The van der Waals surface area contributed by atoms with Crippen LogP contribution in [0.3, 0.4) is 0 Å². The lowest BCUT2D eigenvalue weighted by Crippen LogP contribution is -2.38. The van der Waals surface area contributed by atoms with Gasteiger partial charge in [-0.25, -0.2) is 4.79 Å². The van der Waals surface area contributed by atoms with Crippen molar-refractivity contribution >= 4 is 17.6 Å². The zero-order valence-corrected chi connectivity index (χ0v) is 12.3. The average Bonchev–Trinajstić information content (AvgIpc) is 2.39. The van der Waals surface area contributed by atoms with Crippen molar-refractivity contribution in [2.75, 3.05) is 26.8 Å². The maximum Gasteiger partial charge on any atom is 0.314 e. The summed E-state index contributed by atoms with van der Waals surface area (Å²) < 4.78 is 4.80. The lowest BCUT2D eigenvalue weighted by Gasteiger charge is -2.11. The fourth-order valence-electron chi connectivity index (χ4n) is 1.70. The predicted molar refractivity (Wildman–Crippen MR) is 79.1 cm³/mol. The van der Waals surface area contributed by atoms with Gasteiger partial charge in [-0.15, -0.1) is 0 Å². The number of hydrogen-bond acceptors (Lipinski definition) is 3. The molecule has 0 radical (unpaired) electrons. The number of aliphatic hydroxyl groups excluding tert-OH is 1. The van der Waals surface area contributed by atoms with Crippen LogP contribution in [0.25, 0.3) is 0 Å². The molecular formula is C14H21ClN2O3. The summed E-state index contributed by atoms with van der Waals surface area (Å²) in [5, 5.41) is 15.5. The Hall–Kier alpha value is -1.30. The molecule has 20 heavy (non-hydrogen) atoms. The first kappa shape index (κ1) is 16.8. The molecule has 0 heterocycles. The van der Waals surface area contributed by atoms with Crippen molar-refractivity contribution < 1.29 is 14.6 Å². The maximum atomic E-state index is 11.5.